The molecule has 0 spiro atoms. The van der Waals surface area contributed by atoms with E-state index in [4.69, 9.17) is 11.5 Å². The van der Waals surface area contributed by atoms with Crippen molar-refractivity contribution in [1.29, 1.82) is 0 Å². The van der Waals surface area contributed by atoms with Crippen LogP contribution in [0.4, 0.5) is 0 Å². The Morgan fingerprint density at radius 1 is 0.489 bits per heavy atom. The smallest absolute Gasteiger partial charge is 0.246 e. The number of likely N-dealkylation sites (N-methyl/N-ethyl adjacent to an activating group) is 2. The first kappa shape index (κ1) is 73.5. The van der Waals surface area contributed by atoms with Crippen molar-refractivity contribution in [3.63, 3.8) is 0 Å². The van der Waals surface area contributed by atoms with Crippen LogP contribution in [-0.4, -0.2) is 185 Å². The van der Waals surface area contributed by atoms with Gasteiger partial charge in [0.05, 0.1) is 25.7 Å². The summed E-state index contributed by atoms with van der Waals surface area (Å²) in [5, 5.41) is 31.4. The molecule has 0 fully saturated rings. The lowest BCUT2D eigenvalue weighted by Gasteiger charge is -2.31. The molecule has 3 aromatic rings. The molecule has 3 aromatic carbocycles. The lowest BCUT2D eigenvalue weighted by molar-refractivity contribution is -0.143. The zero-order valence-corrected chi connectivity index (χ0v) is 51.9. The lowest BCUT2D eigenvalue weighted by atomic mass is 10.00. The number of primary amides is 1. The summed E-state index contributed by atoms with van der Waals surface area (Å²) in [5.41, 5.74) is 13.3. The van der Waals surface area contributed by atoms with Gasteiger partial charge in [0.25, 0.3) is 0 Å². The quantitative estimate of drug-likeness (QED) is 0.0269. The number of amides is 12. The molecule has 10 atom stereocenters. The van der Waals surface area contributed by atoms with Crippen LogP contribution in [0, 0.1) is 11.8 Å². The van der Waals surface area contributed by atoms with E-state index < -0.39 is 168 Å². The molecule has 0 saturated carbocycles. The second-order valence-electron chi connectivity index (χ2n) is 22.1. The van der Waals surface area contributed by atoms with Gasteiger partial charge in [-0.3, -0.25) is 62.3 Å². The van der Waals surface area contributed by atoms with Crippen molar-refractivity contribution >= 4 is 88.6 Å². The number of thiol groups is 1. The van der Waals surface area contributed by atoms with E-state index in [1.807, 2.05) is 30.3 Å². The number of nitrogens with one attached hydrogen (secondary N) is 9. The van der Waals surface area contributed by atoms with Gasteiger partial charge in [0.15, 0.2) is 5.12 Å². The normalized spacial score (nSPS) is 14.4. The number of aliphatic hydroxyl groups excluding tert-OH is 1. The molecule has 14 N–H and O–H groups in total. The number of rotatable bonds is 35. The highest BCUT2D eigenvalue weighted by Crippen LogP contribution is 2.14. The van der Waals surface area contributed by atoms with E-state index in [1.54, 1.807) is 88.4 Å². The molecule has 480 valence electrons. The van der Waals surface area contributed by atoms with Gasteiger partial charge in [-0.25, -0.2) is 0 Å². The third kappa shape index (κ3) is 24.5. The largest absolute Gasteiger partial charge is 0.394 e. The third-order valence-electron chi connectivity index (χ3n) is 14.0. The third-order valence-corrected chi connectivity index (χ3v) is 14.2. The molecule has 0 aliphatic carbocycles. The van der Waals surface area contributed by atoms with Crippen molar-refractivity contribution in [2.45, 2.75) is 141 Å². The van der Waals surface area contributed by atoms with E-state index in [9.17, 15) is 67.4 Å². The van der Waals surface area contributed by atoms with Crippen molar-refractivity contribution < 1.29 is 67.4 Å². The molecule has 28 heteroatoms. The monoisotopic (exact) mass is 1240 g/mol. The van der Waals surface area contributed by atoms with E-state index in [1.165, 1.54) is 39.8 Å². The summed E-state index contributed by atoms with van der Waals surface area (Å²) in [6.45, 7) is 8.75. The van der Waals surface area contributed by atoms with Crippen molar-refractivity contribution in [3.8, 4) is 0 Å². The molecule has 0 saturated heterocycles. The first-order valence-corrected chi connectivity index (χ1v) is 29.1. The molecule has 88 heavy (non-hydrogen) atoms. The van der Waals surface area contributed by atoms with Crippen LogP contribution in [0.25, 0.3) is 0 Å². The van der Waals surface area contributed by atoms with Crippen LogP contribution in [0.1, 0.15) is 78.0 Å². The van der Waals surface area contributed by atoms with E-state index in [-0.39, 0.29) is 31.6 Å². The number of nitrogens with zero attached hydrogens (tertiary/aromatic N) is 2. The number of hydrogen-bond acceptors (Lipinski definition) is 15. The van der Waals surface area contributed by atoms with Crippen LogP contribution in [0.3, 0.4) is 0 Å². The van der Waals surface area contributed by atoms with Crippen LogP contribution in [0.15, 0.2) is 91.0 Å². The Morgan fingerprint density at radius 2 is 0.977 bits per heavy atom. The second-order valence-corrected chi connectivity index (χ2v) is 22.6. The van der Waals surface area contributed by atoms with Crippen LogP contribution in [0.5, 0.6) is 0 Å². The average molecular weight is 1240 g/mol. The predicted molar refractivity (Wildman–Crippen MR) is 327 cm³/mol. The van der Waals surface area contributed by atoms with Crippen molar-refractivity contribution in [2.24, 2.45) is 23.3 Å². The number of carbonyl (C=O) groups excluding carboxylic acids is 13. The zero-order chi connectivity index (χ0) is 65.9. The molecule has 0 bridgehead atoms. The van der Waals surface area contributed by atoms with E-state index >= 15 is 0 Å². The fourth-order valence-corrected chi connectivity index (χ4v) is 9.02. The number of nitrogens with two attached hydrogens (primary N) is 2. The minimum absolute atomic E-state index is 0.0282. The molecule has 27 nitrogen and oxygen atoms in total. The Hall–Kier alpha value is -8.76. The van der Waals surface area contributed by atoms with Gasteiger partial charge >= 0.3 is 0 Å². The number of benzene rings is 3. The van der Waals surface area contributed by atoms with Gasteiger partial charge in [0.1, 0.15) is 54.4 Å². The molecule has 0 aromatic heterocycles. The standard InChI is InChI=1S/C60H85N13O14S/c1-33(2)25-42(67-48(76)31-64-57(84)46(28-40-23-17-12-18-24-40)73(9)59(86)36(6)66-53(80)41(61)26-38-19-13-10-14-20-38)55(82)65-35(5)51(78)71-50(34(3)4)58(85)68-43(27-39-21-15-11-16-22-39)56(83)69-44(29-49(77)88)60(87)72(8)37(7)52(79)70-45(32-74)54(81)63-30-47(62)75/h10-24,33-37,41-46,50,74H,25-32,61H2,1-9H3,(H2,62,75)(H,63,81)(H,64,84)(H,65,82)(H,66,80)(H,67,76)(H,68,85)(H,69,83)(H,70,79)(H,71,78)(H,77,88)/t35-,36-,37-,41-,42-,43-,44-,45-,46-,50-/m0/s1. The fourth-order valence-electron chi connectivity index (χ4n) is 8.84. The molecule has 0 heterocycles. The van der Waals surface area contributed by atoms with Gasteiger partial charge in [-0.05, 0) is 62.1 Å². The molecular weight excluding hydrogens is 1160 g/mol. The molecular formula is C60H85N13O14S. The summed E-state index contributed by atoms with van der Waals surface area (Å²) in [6.07, 6.45) is -0.523. The molecule has 0 radical (unpaired) electrons. The van der Waals surface area contributed by atoms with Crippen molar-refractivity contribution in [1.82, 2.24) is 57.7 Å². The number of carbonyl (C=O) groups is 13. The molecule has 3 rings (SSSR count). The first-order chi connectivity index (χ1) is 41.4. The van der Waals surface area contributed by atoms with Crippen molar-refractivity contribution in [2.75, 3.05) is 33.8 Å². The summed E-state index contributed by atoms with van der Waals surface area (Å²) in [4.78, 5) is 176. The number of aliphatic hydroxyl groups is 1. The topological polar surface area (TPSA) is 409 Å². The minimum atomic E-state index is -1.66. The highest BCUT2D eigenvalue weighted by molar-refractivity contribution is 7.96. The van der Waals surface area contributed by atoms with E-state index in [2.05, 4.69) is 60.5 Å². The minimum Gasteiger partial charge on any atom is -0.394 e. The van der Waals surface area contributed by atoms with E-state index in [0.717, 1.165) is 10.5 Å². The maximum atomic E-state index is 14.2. The second kappa shape index (κ2) is 36.4. The van der Waals surface area contributed by atoms with Gasteiger partial charge in [-0.2, -0.15) is 0 Å². The highest BCUT2D eigenvalue weighted by Gasteiger charge is 2.37. The molecule has 12 amide bonds. The fraction of sp³-hybridized carbons (Fsp3) is 0.483. The Morgan fingerprint density at radius 3 is 1.49 bits per heavy atom. The molecule has 0 unspecified atom stereocenters. The maximum absolute atomic E-state index is 14.2. The van der Waals surface area contributed by atoms with Crippen LogP contribution in [0.2, 0.25) is 0 Å². The average Bonchev–Trinajstić information content (AvgIpc) is 2.85. The first-order valence-electron chi connectivity index (χ1n) is 28.6. The van der Waals surface area contributed by atoms with Gasteiger partial charge in [-0.15, -0.1) is 12.6 Å². The van der Waals surface area contributed by atoms with Gasteiger partial charge in [0, 0.05) is 33.4 Å². The van der Waals surface area contributed by atoms with E-state index in [0.29, 0.717) is 11.1 Å². The summed E-state index contributed by atoms with van der Waals surface area (Å²) >= 11 is 3.81. The SMILES string of the molecule is CC(C)C[C@H](NC(=O)CNC(=O)[C@H](Cc1ccccc1)N(C)C(=O)[C@H](C)NC(=O)[C@@H](N)Cc1ccccc1)C(=O)N[C@@H](C)C(=O)N[C@H](C(=O)N[C@@H](Cc1ccccc1)C(=O)N[C@@H](CC(=O)S)C(=O)N(C)[C@@H](C)C(=O)N[C@@H](CO)C(=O)NCC(N)=O)C(C)C. The Balaban J connectivity index is 1.74. The summed E-state index contributed by atoms with van der Waals surface area (Å²) in [6, 6.07) is 13.1. The summed E-state index contributed by atoms with van der Waals surface area (Å²) in [5.74, 6) is -10.7. The Labute approximate surface area is 517 Å². The molecule has 0 aliphatic rings. The van der Waals surface area contributed by atoms with Gasteiger partial charge in [0.2, 0.25) is 70.9 Å². The highest BCUT2D eigenvalue weighted by atomic mass is 32.1. The zero-order valence-electron chi connectivity index (χ0n) is 51.0. The van der Waals surface area contributed by atoms with Crippen molar-refractivity contribution in [3.05, 3.63) is 108 Å². The number of hydrogen-bond donors (Lipinski definition) is 13. The Kier molecular flexibility index (Phi) is 30.4. The maximum Gasteiger partial charge on any atom is 0.246 e. The van der Waals surface area contributed by atoms with Gasteiger partial charge < -0.3 is 74.2 Å². The van der Waals surface area contributed by atoms with Crippen LogP contribution < -0.4 is 59.3 Å². The lowest BCUT2D eigenvalue weighted by Crippen LogP contribution is -2.61. The molecule has 0 aliphatic heterocycles. The van der Waals surface area contributed by atoms with Gasteiger partial charge in [-0.1, -0.05) is 119 Å². The summed E-state index contributed by atoms with van der Waals surface area (Å²) in [7, 11) is 2.58. The van der Waals surface area contributed by atoms with Crippen LogP contribution >= 0.6 is 12.6 Å². The summed E-state index contributed by atoms with van der Waals surface area (Å²) < 4.78 is 0. The predicted octanol–water partition coefficient (Wildman–Crippen LogP) is -2.59. The Bertz CT molecular complexity index is 2910. The van der Waals surface area contributed by atoms with Crippen LogP contribution in [-0.2, 0) is 81.6 Å².